The molecule has 1 aliphatic heterocycles. The van der Waals surface area contributed by atoms with Crippen LogP contribution in [0, 0.1) is 5.92 Å². The Morgan fingerprint density at radius 1 is 0.951 bits per heavy atom. The van der Waals surface area contributed by atoms with Crippen LogP contribution in [0.1, 0.15) is 26.7 Å². The van der Waals surface area contributed by atoms with Crippen LogP contribution in [0.5, 0.6) is 17.4 Å². The van der Waals surface area contributed by atoms with E-state index in [4.69, 9.17) is 14.5 Å². The minimum Gasteiger partial charge on any atom is -0.494 e. The van der Waals surface area contributed by atoms with Gasteiger partial charge in [-0.25, -0.2) is 4.98 Å². The Morgan fingerprint density at radius 3 is 2.49 bits per heavy atom. The van der Waals surface area contributed by atoms with Gasteiger partial charge in [0.05, 0.1) is 23.4 Å². The summed E-state index contributed by atoms with van der Waals surface area (Å²) in [5.41, 5.74) is 2.87. The van der Waals surface area contributed by atoms with Crippen LogP contribution in [0.3, 0.4) is 0 Å². The van der Waals surface area contributed by atoms with Crippen LogP contribution in [0.25, 0.3) is 11.3 Å². The fourth-order valence-electron chi connectivity index (χ4n) is 4.56. The van der Waals surface area contributed by atoms with E-state index in [9.17, 15) is 0 Å². The monoisotopic (exact) mass is 573 g/mol. The lowest BCUT2D eigenvalue weighted by Gasteiger charge is -2.34. The number of ether oxygens (including phenoxy) is 2. The molecule has 0 bridgehead atoms. The SMILES string of the molecule is CC(C)CCCOc1cccc(-c2cc(Oc3ccc(N4CCN(C)CC4)cc3)nc(NSc3cnn(C)c3)n2)c1. The summed E-state index contributed by atoms with van der Waals surface area (Å²) in [7, 11) is 4.06. The molecule has 1 N–H and O–H groups in total. The number of anilines is 2. The highest BCUT2D eigenvalue weighted by molar-refractivity contribution is 8.00. The molecule has 2 aromatic heterocycles. The van der Waals surface area contributed by atoms with E-state index in [0.29, 0.717) is 24.4 Å². The van der Waals surface area contributed by atoms with Crippen LogP contribution in [0.4, 0.5) is 11.6 Å². The van der Waals surface area contributed by atoms with Gasteiger partial charge in [-0.3, -0.25) is 9.40 Å². The Bertz CT molecular complexity index is 1400. The standard InChI is InChI=1S/C31H39N7O2S/c1-23(2)7-6-18-39-27-9-5-8-24(19-27)29-20-30(34-31(33-29)35-41-28-21-32-37(4)22-28)40-26-12-10-25(11-13-26)38-16-14-36(3)15-17-38/h5,8-13,19-23H,6-7,14-18H2,1-4H3,(H,33,34,35). The summed E-state index contributed by atoms with van der Waals surface area (Å²) in [5, 5.41) is 4.23. The van der Waals surface area contributed by atoms with Crippen molar-refractivity contribution in [3.63, 3.8) is 0 Å². The number of piperazine rings is 1. The topological polar surface area (TPSA) is 80.6 Å². The second-order valence-corrected chi connectivity index (χ2v) is 11.6. The first-order valence-corrected chi connectivity index (χ1v) is 15.0. The molecule has 1 saturated heterocycles. The van der Waals surface area contributed by atoms with Gasteiger partial charge in [-0.15, -0.1) is 0 Å². The van der Waals surface area contributed by atoms with Crippen molar-refractivity contribution in [2.45, 2.75) is 31.6 Å². The van der Waals surface area contributed by atoms with E-state index in [1.165, 1.54) is 17.6 Å². The molecule has 5 rings (SSSR count). The summed E-state index contributed by atoms with van der Waals surface area (Å²) in [5.74, 6) is 3.12. The number of benzene rings is 2. The number of aromatic nitrogens is 4. The Labute approximate surface area is 247 Å². The van der Waals surface area contributed by atoms with Gasteiger partial charge >= 0.3 is 0 Å². The van der Waals surface area contributed by atoms with E-state index in [2.05, 4.69) is 57.6 Å². The van der Waals surface area contributed by atoms with Crippen molar-refractivity contribution in [2.24, 2.45) is 13.0 Å². The number of hydrogen-bond acceptors (Lipinski definition) is 9. The molecule has 0 amide bonds. The Hall–Kier alpha value is -3.76. The molecule has 0 aliphatic carbocycles. The molecule has 1 aliphatic rings. The number of aryl methyl sites for hydroxylation is 1. The van der Waals surface area contributed by atoms with Crippen molar-refractivity contribution in [3.8, 4) is 28.6 Å². The fraction of sp³-hybridized carbons (Fsp3) is 0.387. The van der Waals surface area contributed by atoms with Gasteiger partial charge in [-0.2, -0.15) is 10.1 Å². The molecule has 1 fully saturated rings. The summed E-state index contributed by atoms with van der Waals surface area (Å²) in [6, 6.07) is 18.1. The van der Waals surface area contributed by atoms with E-state index < -0.39 is 0 Å². The Balaban J connectivity index is 1.34. The van der Waals surface area contributed by atoms with Crippen molar-refractivity contribution >= 4 is 23.6 Å². The van der Waals surface area contributed by atoms with Crippen molar-refractivity contribution in [3.05, 3.63) is 67.0 Å². The van der Waals surface area contributed by atoms with E-state index in [0.717, 1.165) is 66.7 Å². The van der Waals surface area contributed by atoms with Gasteiger partial charge in [0.25, 0.3) is 0 Å². The van der Waals surface area contributed by atoms with Crippen LogP contribution in [0.2, 0.25) is 0 Å². The maximum atomic E-state index is 6.25. The van der Waals surface area contributed by atoms with Crippen LogP contribution >= 0.6 is 11.9 Å². The molecule has 0 saturated carbocycles. The van der Waals surface area contributed by atoms with Crippen LogP contribution in [0.15, 0.2) is 71.9 Å². The largest absolute Gasteiger partial charge is 0.494 e. The van der Waals surface area contributed by atoms with E-state index >= 15 is 0 Å². The zero-order valence-electron chi connectivity index (χ0n) is 24.3. The summed E-state index contributed by atoms with van der Waals surface area (Å²) in [6.07, 6.45) is 5.90. The zero-order chi connectivity index (χ0) is 28.6. The van der Waals surface area contributed by atoms with Gasteiger partial charge < -0.3 is 19.3 Å². The Kier molecular flexibility index (Phi) is 9.63. The van der Waals surface area contributed by atoms with Crippen LogP contribution < -0.4 is 19.1 Å². The number of likely N-dealkylation sites (N-methyl/N-ethyl adjacent to an activating group) is 1. The summed E-state index contributed by atoms with van der Waals surface area (Å²) in [4.78, 5) is 15.2. The molecule has 2 aromatic carbocycles. The average molecular weight is 574 g/mol. The number of hydrogen-bond donors (Lipinski definition) is 1. The number of nitrogens with one attached hydrogen (secondary N) is 1. The van der Waals surface area contributed by atoms with E-state index in [1.54, 1.807) is 10.9 Å². The minimum atomic E-state index is 0.448. The highest BCUT2D eigenvalue weighted by Crippen LogP contribution is 2.31. The van der Waals surface area contributed by atoms with Crippen molar-refractivity contribution in [2.75, 3.05) is 49.5 Å². The van der Waals surface area contributed by atoms with Gasteiger partial charge in [0.1, 0.15) is 11.5 Å². The molecule has 216 valence electrons. The lowest BCUT2D eigenvalue weighted by Crippen LogP contribution is -2.44. The first-order chi connectivity index (χ1) is 19.9. The fourth-order valence-corrected chi connectivity index (χ4v) is 5.17. The molecule has 3 heterocycles. The predicted octanol–water partition coefficient (Wildman–Crippen LogP) is 6.36. The molecular weight excluding hydrogens is 534 g/mol. The normalized spacial score (nSPS) is 13.9. The van der Waals surface area contributed by atoms with Crippen LogP contribution in [-0.2, 0) is 7.05 Å². The molecule has 0 radical (unpaired) electrons. The third kappa shape index (κ3) is 8.37. The van der Waals surface area contributed by atoms with Gasteiger partial charge in [0.15, 0.2) is 0 Å². The third-order valence-electron chi connectivity index (χ3n) is 6.90. The highest BCUT2D eigenvalue weighted by atomic mass is 32.2. The molecule has 0 atom stereocenters. The predicted molar refractivity (Wildman–Crippen MR) is 166 cm³/mol. The second-order valence-electron chi connectivity index (χ2n) is 10.8. The molecular formula is C31H39N7O2S. The maximum absolute atomic E-state index is 6.25. The lowest BCUT2D eigenvalue weighted by atomic mass is 10.1. The van der Waals surface area contributed by atoms with Crippen molar-refractivity contribution in [1.82, 2.24) is 24.6 Å². The summed E-state index contributed by atoms with van der Waals surface area (Å²) < 4.78 is 17.3. The third-order valence-corrected chi connectivity index (χ3v) is 7.63. The minimum absolute atomic E-state index is 0.448. The molecule has 41 heavy (non-hydrogen) atoms. The Morgan fingerprint density at radius 2 is 1.76 bits per heavy atom. The molecule has 9 nitrogen and oxygen atoms in total. The van der Waals surface area contributed by atoms with Gasteiger partial charge in [0.2, 0.25) is 11.8 Å². The maximum Gasteiger partial charge on any atom is 0.237 e. The van der Waals surface area contributed by atoms with Gasteiger partial charge in [0, 0.05) is 56.7 Å². The first-order valence-electron chi connectivity index (χ1n) is 14.2. The highest BCUT2D eigenvalue weighted by Gasteiger charge is 2.15. The van der Waals surface area contributed by atoms with Crippen molar-refractivity contribution < 1.29 is 9.47 Å². The molecule has 0 unspecified atom stereocenters. The number of rotatable bonds is 12. The van der Waals surface area contributed by atoms with E-state index in [1.807, 2.05) is 55.7 Å². The molecule has 10 heteroatoms. The summed E-state index contributed by atoms with van der Waals surface area (Å²) in [6.45, 7) is 9.34. The smallest absolute Gasteiger partial charge is 0.237 e. The molecule has 4 aromatic rings. The quantitative estimate of drug-likeness (QED) is 0.154. The molecule has 0 spiro atoms. The van der Waals surface area contributed by atoms with Gasteiger partial charge in [-0.05, 0) is 74.2 Å². The number of nitrogens with zero attached hydrogens (tertiary/aromatic N) is 6. The summed E-state index contributed by atoms with van der Waals surface area (Å²) >= 11 is 1.40. The van der Waals surface area contributed by atoms with Gasteiger partial charge in [-0.1, -0.05) is 26.0 Å². The zero-order valence-corrected chi connectivity index (χ0v) is 25.1. The first kappa shape index (κ1) is 28.8. The second kappa shape index (κ2) is 13.7. The average Bonchev–Trinajstić information content (AvgIpc) is 3.40. The van der Waals surface area contributed by atoms with Crippen LogP contribution in [-0.4, -0.2) is 64.5 Å². The van der Waals surface area contributed by atoms with Crippen molar-refractivity contribution in [1.29, 1.82) is 0 Å². The van der Waals surface area contributed by atoms with E-state index in [-0.39, 0.29) is 0 Å². The lowest BCUT2D eigenvalue weighted by molar-refractivity contribution is 0.298.